The topological polar surface area (TPSA) is 77.5 Å². The van der Waals surface area contributed by atoms with Crippen LogP contribution in [0.1, 0.15) is 12.1 Å². The summed E-state index contributed by atoms with van der Waals surface area (Å²) in [6.07, 6.45) is 0.0290. The fraction of sp³-hybridized carbons (Fsp3) is 0.235. The Hall–Kier alpha value is -2.31. The predicted molar refractivity (Wildman–Crippen MR) is 95.1 cm³/mol. The monoisotopic (exact) mass is 382 g/mol. The van der Waals surface area contributed by atoms with Gasteiger partial charge in [-0.2, -0.15) is 0 Å². The third-order valence-corrected chi connectivity index (χ3v) is 3.72. The molecule has 0 spiro atoms. The van der Waals surface area contributed by atoms with Crippen molar-refractivity contribution in [1.82, 2.24) is 4.98 Å². The Balaban J connectivity index is 1.72. The van der Waals surface area contributed by atoms with Crippen molar-refractivity contribution in [2.75, 3.05) is 18.5 Å². The largest absolute Gasteiger partial charge is 0.493 e. The Labute approximate surface area is 155 Å². The van der Waals surface area contributed by atoms with E-state index in [4.69, 9.17) is 32.7 Å². The molecule has 0 unspecified atom stereocenters. The van der Waals surface area contributed by atoms with Gasteiger partial charge in [0.1, 0.15) is 5.75 Å². The lowest BCUT2D eigenvalue weighted by Gasteiger charge is -2.09. The Morgan fingerprint density at radius 3 is 2.60 bits per heavy atom. The third kappa shape index (κ3) is 6.25. The van der Waals surface area contributed by atoms with Gasteiger partial charge in [-0.25, -0.2) is 4.98 Å². The molecular formula is C17H16Cl2N2O4. The van der Waals surface area contributed by atoms with E-state index in [-0.39, 0.29) is 23.9 Å². The van der Waals surface area contributed by atoms with E-state index < -0.39 is 18.5 Å². The van der Waals surface area contributed by atoms with E-state index in [0.717, 1.165) is 0 Å². The lowest BCUT2D eigenvalue weighted by molar-refractivity contribution is -0.147. The van der Waals surface area contributed by atoms with E-state index in [2.05, 4.69) is 10.3 Å². The number of esters is 1. The first-order chi connectivity index (χ1) is 12.0. The molecule has 1 aromatic carbocycles. The van der Waals surface area contributed by atoms with Gasteiger partial charge in [0.25, 0.3) is 5.91 Å². The standard InChI is InChI=1S/C17H16Cl2N2O4/c1-11-13(18)9-14(19)17(20-11)21-15(22)10-25-16(23)7-8-24-12-5-3-2-4-6-12/h2-6,9H,7-8,10H2,1H3,(H,20,21,22). The molecule has 1 amide bonds. The maximum atomic E-state index is 11.8. The normalized spacial score (nSPS) is 10.2. The quantitative estimate of drug-likeness (QED) is 0.739. The molecule has 1 N–H and O–H groups in total. The second kappa shape index (κ2) is 9.25. The molecule has 0 saturated carbocycles. The summed E-state index contributed by atoms with van der Waals surface area (Å²) in [7, 11) is 0. The van der Waals surface area contributed by atoms with E-state index in [1.54, 1.807) is 19.1 Å². The summed E-state index contributed by atoms with van der Waals surface area (Å²) in [6.45, 7) is 1.40. The molecule has 2 aromatic rings. The summed E-state index contributed by atoms with van der Waals surface area (Å²) < 4.78 is 10.3. The summed E-state index contributed by atoms with van der Waals surface area (Å²) >= 11 is 11.8. The Kier molecular flexibility index (Phi) is 7.03. The Bertz CT molecular complexity index is 754. The highest BCUT2D eigenvalue weighted by atomic mass is 35.5. The highest BCUT2D eigenvalue weighted by Crippen LogP contribution is 2.25. The SMILES string of the molecule is Cc1nc(NC(=O)COC(=O)CCOc2ccccc2)c(Cl)cc1Cl. The second-order valence-electron chi connectivity index (χ2n) is 5.01. The molecular weight excluding hydrogens is 367 g/mol. The number of rotatable bonds is 7. The maximum Gasteiger partial charge on any atom is 0.309 e. The van der Waals surface area contributed by atoms with Gasteiger partial charge in [0, 0.05) is 0 Å². The van der Waals surface area contributed by atoms with Crippen LogP contribution in [0.2, 0.25) is 10.0 Å². The van der Waals surface area contributed by atoms with Gasteiger partial charge in [-0.1, -0.05) is 41.4 Å². The number of anilines is 1. The van der Waals surface area contributed by atoms with Gasteiger partial charge in [-0.05, 0) is 25.1 Å². The first-order valence-electron chi connectivity index (χ1n) is 7.41. The number of aryl methyl sites for hydroxylation is 1. The van der Waals surface area contributed by atoms with Crippen LogP contribution in [-0.2, 0) is 14.3 Å². The molecule has 2 rings (SSSR count). The average molecular weight is 383 g/mol. The number of aromatic nitrogens is 1. The van der Waals surface area contributed by atoms with Crippen molar-refractivity contribution in [2.24, 2.45) is 0 Å². The smallest absolute Gasteiger partial charge is 0.309 e. The molecule has 0 aliphatic heterocycles. The minimum atomic E-state index is -0.548. The predicted octanol–water partition coefficient (Wildman–Crippen LogP) is 3.65. The van der Waals surface area contributed by atoms with Gasteiger partial charge in [-0.15, -0.1) is 0 Å². The number of ether oxygens (including phenoxy) is 2. The number of hydrogen-bond acceptors (Lipinski definition) is 5. The molecule has 1 heterocycles. The van der Waals surface area contributed by atoms with Crippen molar-refractivity contribution in [1.29, 1.82) is 0 Å². The lowest BCUT2D eigenvalue weighted by Crippen LogP contribution is -2.22. The number of nitrogens with zero attached hydrogens (tertiary/aromatic N) is 1. The fourth-order valence-corrected chi connectivity index (χ4v) is 2.21. The zero-order valence-corrected chi connectivity index (χ0v) is 14.9. The Morgan fingerprint density at radius 1 is 1.16 bits per heavy atom. The minimum absolute atomic E-state index is 0.0290. The molecule has 0 fully saturated rings. The minimum Gasteiger partial charge on any atom is -0.493 e. The van der Waals surface area contributed by atoms with Crippen molar-refractivity contribution in [3.63, 3.8) is 0 Å². The Morgan fingerprint density at radius 2 is 1.88 bits per heavy atom. The molecule has 0 aliphatic carbocycles. The fourth-order valence-electron chi connectivity index (χ4n) is 1.80. The summed E-state index contributed by atoms with van der Waals surface area (Å²) in [5.41, 5.74) is 0.524. The zero-order valence-electron chi connectivity index (χ0n) is 13.4. The average Bonchev–Trinajstić information content (AvgIpc) is 2.59. The number of carbonyl (C=O) groups is 2. The summed E-state index contributed by atoms with van der Waals surface area (Å²) in [5.74, 6) is -0.269. The molecule has 8 heteroatoms. The third-order valence-electron chi connectivity index (χ3n) is 3.05. The van der Waals surface area contributed by atoms with E-state index in [0.29, 0.717) is 16.5 Å². The number of pyridine rings is 1. The molecule has 0 bridgehead atoms. The van der Waals surface area contributed by atoms with Crippen LogP contribution in [0, 0.1) is 6.92 Å². The van der Waals surface area contributed by atoms with Crippen LogP contribution in [0.3, 0.4) is 0 Å². The molecule has 0 radical (unpaired) electrons. The number of nitrogens with one attached hydrogen (secondary N) is 1. The van der Waals surface area contributed by atoms with Gasteiger partial charge in [0.15, 0.2) is 12.4 Å². The van der Waals surface area contributed by atoms with Crippen LogP contribution in [-0.4, -0.2) is 30.1 Å². The molecule has 132 valence electrons. The zero-order chi connectivity index (χ0) is 18.2. The lowest BCUT2D eigenvalue weighted by atomic mass is 10.3. The van der Waals surface area contributed by atoms with Crippen molar-refractivity contribution in [3.05, 3.63) is 52.1 Å². The van der Waals surface area contributed by atoms with E-state index in [1.165, 1.54) is 6.07 Å². The second-order valence-corrected chi connectivity index (χ2v) is 5.82. The molecule has 25 heavy (non-hydrogen) atoms. The number of hydrogen-bond donors (Lipinski definition) is 1. The van der Waals surface area contributed by atoms with Crippen molar-refractivity contribution in [2.45, 2.75) is 13.3 Å². The summed E-state index contributed by atoms with van der Waals surface area (Å²) in [4.78, 5) is 27.5. The first-order valence-corrected chi connectivity index (χ1v) is 8.17. The van der Waals surface area contributed by atoms with Crippen LogP contribution in [0.15, 0.2) is 36.4 Å². The molecule has 6 nitrogen and oxygen atoms in total. The van der Waals surface area contributed by atoms with Crippen LogP contribution in [0.5, 0.6) is 5.75 Å². The van der Waals surface area contributed by atoms with Crippen LogP contribution < -0.4 is 10.1 Å². The van der Waals surface area contributed by atoms with Gasteiger partial charge < -0.3 is 14.8 Å². The van der Waals surface area contributed by atoms with Gasteiger partial charge in [-0.3, -0.25) is 9.59 Å². The first kappa shape index (κ1) is 19.0. The van der Waals surface area contributed by atoms with Gasteiger partial charge in [0.2, 0.25) is 0 Å². The molecule has 0 aliphatic rings. The van der Waals surface area contributed by atoms with Crippen LogP contribution in [0.4, 0.5) is 5.82 Å². The van der Waals surface area contributed by atoms with Gasteiger partial charge in [0.05, 0.1) is 28.8 Å². The molecule has 1 aromatic heterocycles. The number of amides is 1. The van der Waals surface area contributed by atoms with Crippen molar-refractivity contribution >= 4 is 40.9 Å². The van der Waals surface area contributed by atoms with Crippen molar-refractivity contribution in [3.8, 4) is 5.75 Å². The van der Waals surface area contributed by atoms with Crippen LogP contribution in [0.25, 0.3) is 0 Å². The van der Waals surface area contributed by atoms with E-state index in [9.17, 15) is 9.59 Å². The summed E-state index contributed by atoms with van der Waals surface area (Å²) in [6, 6.07) is 10.6. The van der Waals surface area contributed by atoms with E-state index in [1.807, 2.05) is 18.2 Å². The number of carbonyl (C=O) groups excluding carboxylic acids is 2. The maximum absolute atomic E-state index is 11.8. The highest BCUT2D eigenvalue weighted by Gasteiger charge is 2.12. The number of para-hydroxylation sites is 1. The highest BCUT2D eigenvalue weighted by molar-refractivity contribution is 6.36. The number of halogens is 2. The van der Waals surface area contributed by atoms with Crippen LogP contribution >= 0.6 is 23.2 Å². The molecule has 0 atom stereocenters. The molecule has 0 saturated heterocycles. The summed E-state index contributed by atoms with van der Waals surface area (Å²) in [5, 5.41) is 3.06. The number of benzene rings is 1. The van der Waals surface area contributed by atoms with Crippen molar-refractivity contribution < 1.29 is 19.1 Å². The van der Waals surface area contributed by atoms with E-state index >= 15 is 0 Å². The van der Waals surface area contributed by atoms with Gasteiger partial charge >= 0.3 is 5.97 Å².